The highest BCUT2D eigenvalue weighted by Crippen LogP contribution is 2.42. The van der Waals surface area contributed by atoms with Crippen LogP contribution in [0.3, 0.4) is 0 Å². The molecule has 0 saturated carbocycles. The fraction of sp³-hybridized carbons (Fsp3) is 0.286. The summed E-state index contributed by atoms with van der Waals surface area (Å²) in [6, 6.07) is 21.4. The molecule has 0 aromatic heterocycles. The van der Waals surface area contributed by atoms with Gasteiger partial charge in [-0.05, 0) is 73.5 Å². The highest BCUT2D eigenvalue weighted by molar-refractivity contribution is 6.30. The first kappa shape index (κ1) is 25.7. The number of hydrogen-bond acceptors (Lipinski definition) is 5. The van der Waals surface area contributed by atoms with Crippen molar-refractivity contribution in [2.24, 2.45) is 5.73 Å². The molecule has 36 heavy (non-hydrogen) atoms. The lowest BCUT2D eigenvalue weighted by Crippen LogP contribution is -2.47. The van der Waals surface area contributed by atoms with Crippen LogP contribution in [-0.2, 0) is 4.79 Å². The van der Waals surface area contributed by atoms with E-state index in [1.807, 2.05) is 43.3 Å². The molecule has 3 aromatic rings. The molecule has 1 aliphatic rings. The Bertz CT molecular complexity index is 1220. The molecular weight excluding hydrogens is 478 g/mol. The van der Waals surface area contributed by atoms with Crippen molar-refractivity contribution < 1.29 is 19.4 Å². The van der Waals surface area contributed by atoms with Crippen LogP contribution in [0.15, 0.2) is 72.8 Å². The second-order valence-corrected chi connectivity index (χ2v) is 9.36. The molecule has 2 amide bonds. The fourth-order valence-corrected chi connectivity index (χ4v) is 4.74. The van der Waals surface area contributed by atoms with Gasteiger partial charge in [0.15, 0.2) is 0 Å². The van der Waals surface area contributed by atoms with Gasteiger partial charge in [-0.2, -0.15) is 0 Å². The summed E-state index contributed by atoms with van der Waals surface area (Å²) in [6.45, 7) is 3.74. The molecule has 4 rings (SSSR count). The number of para-hydroxylation sites is 1. The monoisotopic (exact) mass is 507 g/mol. The number of aliphatic hydroxyl groups excluding tert-OH is 1. The zero-order valence-corrected chi connectivity index (χ0v) is 21.1. The predicted octanol–water partition coefficient (Wildman–Crippen LogP) is 4.57. The highest BCUT2D eigenvalue weighted by atomic mass is 35.5. The van der Waals surface area contributed by atoms with Crippen LogP contribution >= 0.6 is 11.6 Å². The van der Waals surface area contributed by atoms with E-state index in [4.69, 9.17) is 22.1 Å². The van der Waals surface area contributed by atoms with Gasteiger partial charge in [0.05, 0.1) is 6.04 Å². The molecular formula is C28H30ClN3O4. The first-order valence-electron chi connectivity index (χ1n) is 11.9. The van der Waals surface area contributed by atoms with E-state index in [1.54, 1.807) is 53.1 Å². The van der Waals surface area contributed by atoms with Crippen molar-refractivity contribution >= 4 is 34.8 Å². The van der Waals surface area contributed by atoms with Crippen molar-refractivity contribution in [3.8, 4) is 5.75 Å². The number of ether oxygens (including phenoxy) is 1. The molecule has 8 heteroatoms. The Morgan fingerprint density at radius 3 is 2.42 bits per heavy atom. The normalized spacial score (nSPS) is 17.8. The average molecular weight is 508 g/mol. The Hall–Kier alpha value is -3.39. The lowest BCUT2D eigenvalue weighted by atomic mass is 9.89. The molecule has 3 N–H and O–H groups in total. The average Bonchev–Trinajstić information content (AvgIpc) is 2.88. The maximum atomic E-state index is 13.6. The Morgan fingerprint density at radius 2 is 1.78 bits per heavy atom. The number of nitrogens with zero attached hydrogens (tertiary/aromatic N) is 2. The van der Waals surface area contributed by atoms with E-state index in [2.05, 4.69) is 0 Å². The van der Waals surface area contributed by atoms with Gasteiger partial charge in [0.2, 0.25) is 5.91 Å². The minimum Gasteiger partial charge on any atom is -0.491 e. The summed E-state index contributed by atoms with van der Waals surface area (Å²) >= 11 is 6.07. The van der Waals surface area contributed by atoms with Crippen LogP contribution in [0.4, 0.5) is 11.4 Å². The quantitative estimate of drug-likeness (QED) is 0.488. The number of fused-ring (bicyclic) bond motifs is 1. The zero-order chi connectivity index (χ0) is 25.8. The van der Waals surface area contributed by atoms with E-state index in [0.29, 0.717) is 22.8 Å². The molecule has 1 aliphatic heterocycles. The zero-order valence-electron chi connectivity index (χ0n) is 20.3. The predicted molar refractivity (Wildman–Crippen MR) is 142 cm³/mol. The Balaban J connectivity index is 1.63. The van der Waals surface area contributed by atoms with Gasteiger partial charge < -0.3 is 25.4 Å². The van der Waals surface area contributed by atoms with Crippen LogP contribution in [0.2, 0.25) is 5.02 Å². The largest absolute Gasteiger partial charge is 0.491 e. The summed E-state index contributed by atoms with van der Waals surface area (Å²) in [5.41, 5.74) is 8.37. The third-order valence-electron chi connectivity index (χ3n) is 6.35. The van der Waals surface area contributed by atoms with Crippen LogP contribution in [0.5, 0.6) is 5.75 Å². The maximum absolute atomic E-state index is 13.6. The summed E-state index contributed by atoms with van der Waals surface area (Å²) < 4.78 is 5.53. The molecule has 3 atom stereocenters. The molecule has 0 spiro atoms. The number of carbonyl (C=O) groups is 2. The number of carbonyl (C=O) groups excluding carboxylic acids is 2. The Labute approximate surface area is 216 Å². The van der Waals surface area contributed by atoms with Gasteiger partial charge in [0, 0.05) is 41.5 Å². The van der Waals surface area contributed by atoms with Crippen molar-refractivity contribution in [2.45, 2.75) is 38.5 Å². The molecule has 0 aliphatic carbocycles. The summed E-state index contributed by atoms with van der Waals surface area (Å²) in [5.74, 6) is 0.327. The van der Waals surface area contributed by atoms with E-state index >= 15 is 0 Å². The SMILES string of the molecule is CC(=O)N(c1ccc(Cl)cc1)C1CC(C)N(C(=O)c2ccc(OCC(O)CN)cc2)c2ccccc21. The van der Waals surface area contributed by atoms with Crippen LogP contribution < -0.4 is 20.3 Å². The van der Waals surface area contributed by atoms with E-state index in [9.17, 15) is 14.7 Å². The van der Waals surface area contributed by atoms with E-state index in [0.717, 1.165) is 16.9 Å². The topological polar surface area (TPSA) is 96.1 Å². The smallest absolute Gasteiger partial charge is 0.258 e. The molecule has 0 saturated heterocycles. The number of aliphatic hydroxyl groups is 1. The van der Waals surface area contributed by atoms with Gasteiger partial charge in [-0.25, -0.2) is 0 Å². The van der Waals surface area contributed by atoms with Crippen molar-refractivity contribution in [3.63, 3.8) is 0 Å². The summed E-state index contributed by atoms with van der Waals surface area (Å²) in [6.07, 6.45) is -0.171. The number of halogens is 1. The molecule has 1 heterocycles. The lowest BCUT2D eigenvalue weighted by molar-refractivity contribution is -0.117. The lowest BCUT2D eigenvalue weighted by Gasteiger charge is -2.43. The number of benzene rings is 3. The first-order chi connectivity index (χ1) is 17.3. The third kappa shape index (κ3) is 5.38. The van der Waals surface area contributed by atoms with Crippen molar-refractivity contribution in [1.29, 1.82) is 0 Å². The summed E-state index contributed by atoms with van der Waals surface area (Å²) in [4.78, 5) is 30.0. The molecule has 0 bridgehead atoms. The van der Waals surface area contributed by atoms with Gasteiger partial charge in [-0.15, -0.1) is 0 Å². The molecule has 7 nitrogen and oxygen atoms in total. The standard InChI is InChI=1S/C28H30ClN3O4/c1-18-15-27(32(19(2)33)22-11-9-21(29)10-12-22)25-5-3-4-6-26(25)31(18)28(35)20-7-13-24(14-8-20)36-17-23(34)16-30/h3-14,18,23,27,34H,15-17,30H2,1-2H3. The van der Waals surface area contributed by atoms with Gasteiger partial charge in [0.25, 0.3) is 5.91 Å². The van der Waals surface area contributed by atoms with Gasteiger partial charge in [-0.1, -0.05) is 29.8 Å². The van der Waals surface area contributed by atoms with E-state index < -0.39 is 6.10 Å². The van der Waals surface area contributed by atoms with Gasteiger partial charge >= 0.3 is 0 Å². The van der Waals surface area contributed by atoms with Crippen molar-refractivity contribution in [3.05, 3.63) is 88.9 Å². The highest BCUT2D eigenvalue weighted by Gasteiger charge is 2.38. The molecule has 188 valence electrons. The molecule has 3 aromatic carbocycles. The van der Waals surface area contributed by atoms with E-state index in [1.165, 1.54) is 0 Å². The van der Waals surface area contributed by atoms with Crippen LogP contribution in [-0.4, -0.2) is 42.2 Å². The number of anilines is 2. The maximum Gasteiger partial charge on any atom is 0.258 e. The van der Waals surface area contributed by atoms with Crippen molar-refractivity contribution in [2.75, 3.05) is 23.0 Å². The minimum atomic E-state index is -0.743. The summed E-state index contributed by atoms with van der Waals surface area (Å²) in [5, 5.41) is 10.2. The molecule has 0 fully saturated rings. The number of hydrogen-bond donors (Lipinski definition) is 2. The number of amides is 2. The van der Waals surface area contributed by atoms with Crippen molar-refractivity contribution in [1.82, 2.24) is 0 Å². The fourth-order valence-electron chi connectivity index (χ4n) is 4.61. The van der Waals surface area contributed by atoms with Gasteiger partial charge in [0.1, 0.15) is 18.5 Å². The molecule has 0 radical (unpaired) electrons. The Morgan fingerprint density at radius 1 is 1.11 bits per heavy atom. The molecule has 3 unspecified atom stereocenters. The number of rotatable bonds is 7. The van der Waals surface area contributed by atoms with E-state index in [-0.39, 0.29) is 37.0 Å². The van der Waals surface area contributed by atoms with Crippen LogP contribution in [0.25, 0.3) is 0 Å². The van der Waals surface area contributed by atoms with Crippen LogP contribution in [0, 0.1) is 0 Å². The third-order valence-corrected chi connectivity index (χ3v) is 6.60. The second kappa shape index (κ2) is 11.1. The summed E-state index contributed by atoms with van der Waals surface area (Å²) in [7, 11) is 0. The number of nitrogens with two attached hydrogens (primary N) is 1. The van der Waals surface area contributed by atoms with Crippen LogP contribution in [0.1, 0.15) is 42.2 Å². The van der Waals surface area contributed by atoms with Gasteiger partial charge in [-0.3, -0.25) is 9.59 Å². The Kier molecular flexibility index (Phi) is 7.94. The second-order valence-electron chi connectivity index (χ2n) is 8.92. The minimum absolute atomic E-state index is 0.0838. The first-order valence-corrected chi connectivity index (χ1v) is 12.3.